The van der Waals surface area contributed by atoms with Crippen molar-refractivity contribution >= 4 is 16.9 Å². The van der Waals surface area contributed by atoms with E-state index in [4.69, 9.17) is 4.42 Å². The second-order valence-corrected chi connectivity index (χ2v) is 7.14. The molecular weight excluding hydrogens is 366 g/mol. The van der Waals surface area contributed by atoms with E-state index in [1.165, 1.54) is 0 Å². The third-order valence-electron chi connectivity index (χ3n) is 4.92. The number of carbonyl (C=O) groups excluding carboxylic acids is 1. The van der Waals surface area contributed by atoms with E-state index in [2.05, 4.69) is 15.6 Å². The van der Waals surface area contributed by atoms with Crippen LogP contribution in [0.3, 0.4) is 0 Å². The van der Waals surface area contributed by atoms with Crippen LogP contribution in [0, 0.1) is 0 Å². The molecule has 0 bridgehead atoms. The van der Waals surface area contributed by atoms with E-state index in [0.29, 0.717) is 18.7 Å². The number of rotatable bonds is 7. The first-order chi connectivity index (χ1) is 14.1. The van der Waals surface area contributed by atoms with Crippen molar-refractivity contribution in [3.63, 3.8) is 0 Å². The Morgan fingerprint density at radius 1 is 1.10 bits per heavy atom. The molecule has 2 heterocycles. The Labute approximate surface area is 168 Å². The van der Waals surface area contributed by atoms with Crippen LogP contribution >= 0.6 is 0 Å². The second kappa shape index (κ2) is 8.28. The van der Waals surface area contributed by atoms with Crippen molar-refractivity contribution in [2.45, 2.75) is 12.6 Å². The molecule has 0 aliphatic rings. The van der Waals surface area contributed by atoms with Crippen molar-refractivity contribution in [2.75, 3.05) is 20.6 Å². The minimum absolute atomic E-state index is 0.0196. The van der Waals surface area contributed by atoms with Crippen LogP contribution in [-0.2, 0) is 6.54 Å². The molecule has 1 amide bonds. The molecule has 0 aliphatic carbocycles. The second-order valence-electron chi connectivity index (χ2n) is 7.14. The zero-order valence-electron chi connectivity index (χ0n) is 16.4. The summed E-state index contributed by atoms with van der Waals surface area (Å²) in [7, 11) is 3.92. The first kappa shape index (κ1) is 18.9. The molecule has 7 heteroatoms. The Morgan fingerprint density at radius 3 is 2.62 bits per heavy atom. The number of carbonyl (C=O) groups is 1. The van der Waals surface area contributed by atoms with Gasteiger partial charge in [-0.3, -0.25) is 9.69 Å². The highest BCUT2D eigenvalue weighted by atomic mass is 16.3. The molecule has 7 nitrogen and oxygen atoms in total. The maximum Gasteiger partial charge on any atom is 0.251 e. The topological polar surface area (TPSA) is 76.2 Å². The Bertz CT molecular complexity index is 1080. The van der Waals surface area contributed by atoms with Crippen LogP contribution in [0.2, 0.25) is 0 Å². The number of hydrogen-bond donors (Lipinski definition) is 1. The molecule has 4 aromatic rings. The van der Waals surface area contributed by atoms with E-state index in [9.17, 15) is 4.79 Å². The molecule has 0 radical (unpaired) electrons. The number of furan rings is 1. The number of fused-ring (bicyclic) bond motifs is 1. The predicted molar refractivity (Wildman–Crippen MR) is 111 cm³/mol. The third-order valence-corrected chi connectivity index (χ3v) is 4.92. The summed E-state index contributed by atoms with van der Waals surface area (Å²) in [4.78, 5) is 14.6. The van der Waals surface area contributed by atoms with E-state index in [1.54, 1.807) is 6.26 Å². The fourth-order valence-electron chi connectivity index (χ4n) is 3.28. The molecule has 1 atom stereocenters. The lowest BCUT2D eigenvalue weighted by Crippen LogP contribution is -2.34. The SMILES string of the molecule is CN(C)[C@H](CNC(=O)c1ccc(Cn2nnc3ccccc32)cc1)c1ccco1. The van der Waals surface area contributed by atoms with Crippen molar-refractivity contribution < 1.29 is 9.21 Å². The maximum absolute atomic E-state index is 12.6. The van der Waals surface area contributed by atoms with E-state index in [0.717, 1.165) is 22.4 Å². The Kier molecular flexibility index (Phi) is 5.39. The van der Waals surface area contributed by atoms with Crippen LogP contribution in [0.1, 0.15) is 27.7 Å². The van der Waals surface area contributed by atoms with Gasteiger partial charge in [0.15, 0.2) is 0 Å². The van der Waals surface area contributed by atoms with E-state index in [1.807, 2.05) is 84.3 Å². The van der Waals surface area contributed by atoms with Crippen molar-refractivity contribution in [1.82, 2.24) is 25.2 Å². The molecule has 2 aromatic carbocycles. The molecule has 1 N–H and O–H groups in total. The number of aromatic nitrogens is 3. The highest BCUT2D eigenvalue weighted by Gasteiger charge is 2.18. The zero-order valence-corrected chi connectivity index (χ0v) is 16.4. The summed E-state index contributed by atoms with van der Waals surface area (Å²) in [6.45, 7) is 1.07. The fourth-order valence-corrected chi connectivity index (χ4v) is 3.28. The van der Waals surface area contributed by atoms with Crippen molar-refractivity contribution in [1.29, 1.82) is 0 Å². The highest BCUT2D eigenvalue weighted by molar-refractivity contribution is 5.94. The number of nitrogens with zero attached hydrogens (tertiary/aromatic N) is 4. The summed E-state index contributed by atoms with van der Waals surface area (Å²) in [5.41, 5.74) is 3.53. The fraction of sp³-hybridized carbons (Fsp3) is 0.227. The number of amides is 1. The average Bonchev–Trinajstić information content (AvgIpc) is 3.39. The monoisotopic (exact) mass is 389 g/mol. The van der Waals surface area contributed by atoms with Gasteiger partial charge in [-0.1, -0.05) is 29.5 Å². The smallest absolute Gasteiger partial charge is 0.251 e. The molecule has 0 fully saturated rings. The van der Waals surface area contributed by atoms with Gasteiger partial charge in [-0.15, -0.1) is 5.10 Å². The van der Waals surface area contributed by atoms with Crippen LogP contribution in [0.15, 0.2) is 71.3 Å². The van der Waals surface area contributed by atoms with E-state index < -0.39 is 0 Å². The van der Waals surface area contributed by atoms with Crippen molar-refractivity contribution in [2.24, 2.45) is 0 Å². The Balaban J connectivity index is 1.40. The van der Waals surface area contributed by atoms with Crippen LogP contribution < -0.4 is 5.32 Å². The van der Waals surface area contributed by atoms with Gasteiger partial charge >= 0.3 is 0 Å². The lowest BCUT2D eigenvalue weighted by atomic mass is 10.1. The highest BCUT2D eigenvalue weighted by Crippen LogP contribution is 2.18. The van der Waals surface area contributed by atoms with Crippen LogP contribution in [0.5, 0.6) is 0 Å². The molecular formula is C22H23N5O2. The first-order valence-electron chi connectivity index (χ1n) is 9.47. The molecule has 0 spiro atoms. The minimum Gasteiger partial charge on any atom is -0.468 e. The normalized spacial score (nSPS) is 12.4. The summed E-state index contributed by atoms with van der Waals surface area (Å²) in [5, 5.41) is 11.4. The van der Waals surface area contributed by atoms with Gasteiger partial charge in [0.05, 0.1) is 24.4 Å². The standard InChI is InChI=1S/C22H23N5O2/c1-26(2)20(21-8-5-13-29-21)14-23-22(28)17-11-9-16(10-12-17)15-27-19-7-4-3-6-18(19)24-25-27/h3-13,20H,14-15H2,1-2H3,(H,23,28)/t20-/m1/s1. The number of hydrogen-bond acceptors (Lipinski definition) is 5. The van der Waals surface area contributed by atoms with Gasteiger partial charge in [-0.05, 0) is 56.1 Å². The Hall–Kier alpha value is -3.45. The summed E-state index contributed by atoms with van der Waals surface area (Å²) in [6.07, 6.45) is 1.64. The lowest BCUT2D eigenvalue weighted by molar-refractivity contribution is 0.0939. The van der Waals surface area contributed by atoms with Crippen molar-refractivity contribution in [3.05, 3.63) is 83.8 Å². The zero-order chi connectivity index (χ0) is 20.2. The number of para-hydroxylation sites is 1. The van der Waals surface area contributed by atoms with E-state index in [-0.39, 0.29) is 11.9 Å². The molecule has 148 valence electrons. The van der Waals surface area contributed by atoms with E-state index >= 15 is 0 Å². The maximum atomic E-state index is 12.6. The molecule has 2 aromatic heterocycles. The van der Waals surface area contributed by atoms with Gasteiger partial charge in [0, 0.05) is 12.1 Å². The number of benzene rings is 2. The minimum atomic E-state index is -0.110. The molecule has 4 rings (SSSR count). The van der Waals surface area contributed by atoms with Gasteiger partial charge in [0.2, 0.25) is 0 Å². The third kappa shape index (κ3) is 4.20. The van der Waals surface area contributed by atoms with Gasteiger partial charge < -0.3 is 9.73 Å². The Morgan fingerprint density at radius 2 is 1.90 bits per heavy atom. The van der Waals surface area contributed by atoms with Crippen LogP contribution in [0.25, 0.3) is 11.0 Å². The quantitative estimate of drug-likeness (QED) is 0.526. The molecule has 0 aliphatic heterocycles. The molecule has 0 saturated heterocycles. The van der Waals surface area contributed by atoms with Gasteiger partial charge in [0.1, 0.15) is 11.3 Å². The molecule has 29 heavy (non-hydrogen) atoms. The first-order valence-corrected chi connectivity index (χ1v) is 9.47. The summed E-state index contributed by atoms with van der Waals surface area (Å²) in [6, 6.07) is 19.2. The summed E-state index contributed by atoms with van der Waals surface area (Å²) < 4.78 is 7.34. The van der Waals surface area contributed by atoms with Gasteiger partial charge in [-0.2, -0.15) is 0 Å². The molecule has 0 saturated carbocycles. The number of nitrogens with one attached hydrogen (secondary N) is 1. The largest absolute Gasteiger partial charge is 0.468 e. The van der Waals surface area contributed by atoms with Crippen molar-refractivity contribution in [3.8, 4) is 0 Å². The predicted octanol–water partition coefficient (Wildman–Crippen LogP) is 3.11. The summed E-state index contributed by atoms with van der Waals surface area (Å²) in [5.74, 6) is 0.715. The summed E-state index contributed by atoms with van der Waals surface area (Å²) >= 11 is 0. The van der Waals surface area contributed by atoms with Crippen LogP contribution in [-0.4, -0.2) is 46.4 Å². The lowest BCUT2D eigenvalue weighted by Gasteiger charge is -2.22. The van der Waals surface area contributed by atoms with Gasteiger partial charge in [-0.25, -0.2) is 4.68 Å². The van der Waals surface area contributed by atoms with Gasteiger partial charge in [0.25, 0.3) is 5.91 Å². The number of likely N-dealkylation sites (N-methyl/N-ethyl adjacent to an activating group) is 1. The molecule has 0 unspecified atom stereocenters. The van der Waals surface area contributed by atoms with Crippen LogP contribution in [0.4, 0.5) is 0 Å². The average molecular weight is 389 g/mol.